The number of piperidine rings is 1. The Labute approximate surface area is 97.3 Å². The molecule has 0 saturated carbocycles. The summed E-state index contributed by atoms with van der Waals surface area (Å²) in [5.41, 5.74) is 1.21. The van der Waals surface area contributed by atoms with Gasteiger partial charge in [0.15, 0.2) is 0 Å². The molecule has 0 bridgehead atoms. The Morgan fingerprint density at radius 1 is 1.25 bits per heavy atom. The summed E-state index contributed by atoms with van der Waals surface area (Å²) < 4.78 is 0. The Balaban J connectivity index is 2.31. The van der Waals surface area contributed by atoms with Crippen LogP contribution in [0.1, 0.15) is 38.3 Å². The van der Waals surface area contributed by atoms with Gasteiger partial charge in [-0.2, -0.15) is 0 Å². The van der Waals surface area contributed by atoms with Crippen LogP contribution in [0, 0.1) is 0 Å². The lowest BCUT2D eigenvalue weighted by atomic mass is 9.83. The van der Waals surface area contributed by atoms with Crippen LogP contribution in [0.25, 0.3) is 0 Å². The predicted molar refractivity (Wildman–Crippen MR) is 65.3 cm³/mol. The van der Waals surface area contributed by atoms with Crippen molar-refractivity contribution in [1.29, 1.82) is 0 Å². The molecular weight excluding hydrogens is 198 g/mol. The molecule has 0 radical (unpaired) electrons. The van der Waals surface area contributed by atoms with Gasteiger partial charge in [0.2, 0.25) is 0 Å². The summed E-state index contributed by atoms with van der Waals surface area (Å²) in [6.45, 7) is 4.28. The van der Waals surface area contributed by atoms with Crippen LogP contribution in [-0.2, 0) is 4.79 Å². The summed E-state index contributed by atoms with van der Waals surface area (Å²) in [4.78, 5) is 14.1. The van der Waals surface area contributed by atoms with Gasteiger partial charge in [-0.15, -0.1) is 0 Å². The average Bonchev–Trinajstić information content (AvgIpc) is 2.24. The molecule has 2 heteroatoms. The molecule has 0 aromatic heterocycles. The summed E-state index contributed by atoms with van der Waals surface area (Å²) >= 11 is 0. The Hall–Kier alpha value is -1.15. The van der Waals surface area contributed by atoms with Crippen LogP contribution in [0.3, 0.4) is 0 Å². The minimum absolute atomic E-state index is 0.0319. The van der Waals surface area contributed by atoms with Gasteiger partial charge in [0, 0.05) is 24.4 Å². The monoisotopic (exact) mass is 217 g/mol. The second-order valence-corrected chi connectivity index (χ2v) is 5.27. The molecule has 0 unspecified atom stereocenters. The van der Waals surface area contributed by atoms with Gasteiger partial charge in [0.05, 0.1) is 0 Å². The number of likely N-dealkylation sites (tertiary alicyclic amines) is 1. The molecule has 1 aromatic carbocycles. The van der Waals surface area contributed by atoms with E-state index in [1.807, 2.05) is 18.2 Å². The number of Topliss-reactive ketones (excluding diaryl/α,β-unsaturated/α-hetero) is 1. The zero-order valence-electron chi connectivity index (χ0n) is 10.2. The highest BCUT2D eigenvalue weighted by atomic mass is 16.1. The molecule has 0 amide bonds. The number of benzene rings is 1. The van der Waals surface area contributed by atoms with Crippen LogP contribution in [0.4, 0.5) is 0 Å². The summed E-state index contributed by atoms with van der Waals surface area (Å²) in [5.74, 6) is 0.372. The summed E-state index contributed by atoms with van der Waals surface area (Å²) in [6, 6.07) is 10.5. The molecule has 1 heterocycles. The third kappa shape index (κ3) is 2.03. The Morgan fingerprint density at radius 3 is 2.50 bits per heavy atom. The van der Waals surface area contributed by atoms with E-state index >= 15 is 0 Å². The standard InChI is InChI=1S/C14H19NO/c1-14(2)10-12(16)9-13(15(14)3)11-7-5-4-6-8-11/h4-8,13H,9-10H2,1-3H3/t13-/m0/s1. The van der Waals surface area contributed by atoms with Gasteiger partial charge in [-0.25, -0.2) is 0 Å². The highest BCUT2D eigenvalue weighted by Crippen LogP contribution is 2.36. The minimum Gasteiger partial charge on any atom is -0.300 e. The molecule has 2 nitrogen and oxygen atoms in total. The zero-order chi connectivity index (χ0) is 11.8. The molecule has 1 saturated heterocycles. The minimum atomic E-state index is -0.0319. The first-order valence-electron chi connectivity index (χ1n) is 5.80. The Bertz CT molecular complexity index is 383. The van der Waals surface area contributed by atoms with Gasteiger partial charge in [-0.05, 0) is 26.5 Å². The number of hydrogen-bond acceptors (Lipinski definition) is 2. The lowest BCUT2D eigenvalue weighted by molar-refractivity contribution is -0.127. The normalized spacial score (nSPS) is 25.7. The molecule has 16 heavy (non-hydrogen) atoms. The lowest BCUT2D eigenvalue weighted by Gasteiger charge is -2.45. The third-order valence-corrected chi connectivity index (χ3v) is 3.66. The molecule has 86 valence electrons. The molecular formula is C14H19NO. The van der Waals surface area contributed by atoms with E-state index in [1.165, 1.54) is 5.56 Å². The second kappa shape index (κ2) is 4.02. The molecule has 0 N–H and O–H groups in total. The van der Waals surface area contributed by atoms with E-state index in [4.69, 9.17) is 0 Å². The average molecular weight is 217 g/mol. The van der Waals surface area contributed by atoms with Gasteiger partial charge in [0.1, 0.15) is 5.78 Å². The predicted octanol–water partition coefficient (Wildman–Crippen LogP) is 2.80. The fourth-order valence-corrected chi connectivity index (χ4v) is 2.47. The largest absolute Gasteiger partial charge is 0.300 e. The van der Waals surface area contributed by atoms with E-state index in [0.717, 1.165) is 0 Å². The van der Waals surface area contributed by atoms with Crippen molar-refractivity contribution in [3.8, 4) is 0 Å². The molecule has 2 rings (SSSR count). The van der Waals surface area contributed by atoms with Crippen molar-refractivity contribution in [1.82, 2.24) is 4.90 Å². The fourth-order valence-electron chi connectivity index (χ4n) is 2.47. The first kappa shape index (κ1) is 11.3. The number of carbonyl (C=O) groups excluding carboxylic acids is 1. The van der Waals surface area contributed by atoms with E-state index in [0.29, 0.717) is 18.6 Å². The number of carbonyl (C=O) groups is 1. The van der Waals surface area contributed by atoms with Crippen molar-refractivity contribution >= 4 is 5.78 Å². The second-order valence-electron chi connectivity index (χ2n) is 5.27. The summed E-state index contributed by atoms with van der Waals surface area (Å²) in [5, 5.41) is 0. The van der Waals surface area contributed by atoms with E-state index in [1.54, 1.807) is 0 Å². The van der Waals surface area contributed by atoms with Crippen LogP contribution in [-0.4, -0.2) is 23.3 Å². The number of rotatable bonds is 1. The molecule has 1 aromatic rings. The van der Waals surface area contributed by atoms with E-state index in [2.05, 4.69) is 37.9 Å². The molecule has 1 fully saturated rings. The Morgan fingerprint density at radius 2 is 1.88 bits per heavy atom. The SMILES string of the molecule is CN1[C@H](c2ccccc2)CC(=O)CC1(C)C. The molecule has 0 aliphatic carbocycles. The van der Waals surface area contributed by atoms with Crippen molar-refractivity contribution < 1.29 is 4.79 Å². The summed E-state index contributed by atoms with van der Waals surface area (Å²) in [7, 11) is 2.12. The van der Waals surface area contributed by atoms with Crippen molar-refractivity contribution in [2.45, 2.75) is 38.3 Å². The van der Waals surface area contributed by atoms with Gasteiger partial charge >= 0.3 is 0 Å². The van der Waals surface area contributed by atoms with Gasteiger partial charge in [-0.1, -0.05) is 30.3 Å². The van der Waals surface area contributed by atoms with Crippen LogP contribution in [0.2, 0.25) is 0 Å². The quantitative estimate of drug-likeness (QED) is 0.721. The molecule has 0 spiro atoms. The van der Waals surface area contributed by atoms with Gasteiger partial charge in [0.25, 0.3) is 0 Å². The Kier molecular flexibility index (Phi) is 2.85. The van der Waals surface area contributed by atoms with Crippen molar-refractivity contribution in [3.63, 3.8) is 0 Å². The highest BCUT2D eigenvalue weighted by Gasteiger charge is 2.38. The molecule has 1 aliphatic heterocycles. The number of nitrogens with zero attached hydrogens (tertiary/aromatic N) is 1. The fraction of sp³-hybridized carbons (Fsp3) is 0.500. The van der Waals surface area contributed by atoms with Crippen LogP contribution in [0.15, 0.2) is 30.3 Å². The first-order chi connectivity index (χ1) is 7.50. The van der Waals surface area contributed by atoms with E-state index in [9.17, 15) is 4.79 Å². The van der Waals surface area contributed by atoms with Crippen molar-refractivity contribution in [2.24, 2.45) is 0 Å². The first-order valence-corrected chi connectivity index (χ1v) is 5.80. The maximum atomic E-state index is 11.8. The van der Waals surface area contributed by atoms with E-state index < -0.39 is 0 Å². The van der Waals surface area contributed by atoms with E-state index in [-0.39, 0.29) is 11.6 Å². The third-order valence-electron chi connectivity index (χ3n) is 3.66. The molecule has 1 atom stereocenters. The smallest absolute Gasteiger partial charge is 0.136 e. The van der Waals surface area contributed by atoms with Crippen LogP contribution >= 0.6 is 0 Å². The molecule has 1 aliphatic rings. The number of ketones is 1. The van der Waals surface area contributed by atoms with Crippen molar-refractivity contribution in [2.75, 3.05) is 7.05 Å². The lowest BCUT2D eigenvalue weighted by Crippen LogP contribution is -2.49. The number of hydrogen-bond donors (Lipinski definition) is 0. The maximum absolute atomic E-state index is 11.8. The zero-order valence-corrected chi connectivity index (χ0v) is 10.2. The maximum Gasteiger partial charge on any atom is 0.136 e. The van der Waals surface area contributed by atoms with Crippen molar-refractivity contribution in [3.05, 3.63) is 35.9 Å². The van der Waals surface area contributed by atoms with Crippen LogP contribution in [0.5, 0.6) is 0 Å². The van der Waals surface area contributed by atoms with Crippen LogP contribution < -0.4 is 0 Å². The van der Waals surface area contributed by atoms with Gasteiger partial charge < -0.3 is 0 Å². The summed E-state index contributed by atoms with van der Waals surface area (Å²) in [6.07, 6.45) is 1.30. The topological polar surface area (TPSA) is 20.3 Å². The van der Waals surface area contributed by atoms with Gasteiger partial charge in [-0.3, -0.25) is 9.69 Å². The highest BCUT2D eigenvalue weighted by molar-refractivity contribution is 5.81.